The molecule has 6 nitrogen and oxygen atoms in total. The molecule has 0 spiro atoms. The zero-order chi connectivity index (χ0) is 21.1. The number of nitrogens with zero attached hydrogens (tertiary/aromatic N) is 3. The van der Waals surface area contributed by atoms with E-state index in [1.165, 1.54) is 4.31 Å². The van der Waals surface area contributed by atoms with Gasteiger partial charge in [0.15, 0.2) is 0 Å². The highest BCUT2D eigenvalue weighted by atomic mass is 79.9. The van der Waals surface area contributed by atoms with E-state index in [1.54, 1.807) is 48.5 Å². The molecule has 0 radical (unpaired) electrons. The Labute approximate surface area is 183 Å². The standard InChI is InChI=1S/C22H18BrN3O3S/c1-16-7-13-20(14-8-16)30(27,28)26(19-5-3-2-4-6-19)15-21-24-25-22(29-21)17-9-11-18(23)12-10-17/h2-14H,15H2,1H3. The van der Waals surface area contributed by atoms with Crippen LogP contribution in [0.25, 0.3) is 11.5 Å². The van der Waals surface area contributed by atoms with E-state index in [1.807, 2.05) is 37.3 Å². The van der Waals surface area contributed by atoms with Gasteiger partial charge in [0.25, 0.3) is 10.0 Å². The summed E-state index contributed by atoms with van der Waals surface area (Å²) in [7, 11) is -3.83. The number of benzene rings is 3. The molecule has 1 aromatic heterocycles. The zero-order valence-corrected chi connectivity index (χ0v) is 18.5. The molecule has 0 atom stereocenters. The molecule has 8 heteroatoms. The summed E-state index contributed by atoms with van der Waals surface area (Å²) >= 11 is 3.39. The number of sulfonamides is 1. The number of para-hydroxylation sites is 1. The Bertz CT molecular complexity index is 1240. The van der Waals surface area contributed by atoms with Gasteiger partial charge < -0.3 is 4.42 Å². The van der Waals surface area contributed by atoms with Gasteiger partial charge in [-0.2, -0.15) is 0 Å². The summed E-state index contributed by atoms with van der Waals surface area (Å²) in [6, 6.07) is 23.1. The normalized spacial score (nSPS) is 11.4. The van der Waals surface area contributed by atoms with E-state index in [-0.39, 0.29) is 17.3 Å². The summed E-state index contributed by atoms with van der Waals surface area (Å²) in [4.78, 5) is 0.199. The van der Waals surface area contributed by atoms with Gasteiger partial charge in [0, 0.05) is 10.0 Å². The first-order valence-corrected chi connectivity index (χ1v) is 11.4. The van der Waals surface area contributed by atoms with Crippen LogP contribution in [0.1, 0.15) is 11.5 Å². The van der Waals surface area contributed by atoms with Crippen molar-refractivity contribution in [2.75, 3.05) is 4.31 Å². The van der Waals surface area contributed by atoms with E-state index < -0.39 is 10.0 Å². The van der Waals surface area contributed by atoms with Crippen molar-refractivity contribution >= 4 is 31.6 Å². The van der Waals surface area contributed by atoms with Gasteiger partial charge in [0.1, 0.15) is 6.54 Å². The van der Waals surface area contributed by atoms with Crippen molar-refractivity contribution in [1.82, 2.24) is 10.2 Å². The molecule has 4 aromatic rings. The lowest BCUT2D eigenvalue weighted by molar-refractivity contribution is 0.505. The predicted molar refractivity (Wildman–Crippen MR) is 118 cm³/mol. The molecule has 0 aliphatic rings. The first kappa shape index (κ1) is 20.3. The maximum absolute atomic E-state index is 13.4. The Balaban J connectivity index is 1.70. The predicted octanol–water partition coefficient (Wildman–Crippen LogP) is 5.20. The van der Waals surface area contributed by atoms with Gasteiger partial charge in [0.2, 0.25) is 11.8 Å². The highest BCUT2D eigenvalue weighted by Crippen LogP contribution is 2.27. The summed E-state index contributed by atoms with van der Waals surface area (Å²) in [5.41, 5.74) is 2.25. The zero-order valence-electron chi connectivity index (χ0n) is 16.1. The summed E-state index contributed by atoms with van der Waals surface area (Å²) in [5.74, 6) is 0.533. The Morgan fingerprint density at radius 2 is 1.57 bits per heavy atom. The number of aromatic nitrogens is 2. The molecular formula is C22H18BrN3O3S. The average Bonchev–Trinajstić information content (AvgIpc) is 3.22. The van der Waals surface area contributed by atoms with Crippen LogP contribution in [0.2, 0.25) is 0 Å². The van der Waals surface area contributed by atoms with Crippen molar-refractivity contribution < 1.29 is 12.8 Å². The van der Waals surface area contributed by atoms with E-state index in [4.69, 9.17) is 4.42 Å². The number of hydrogen-bond acceptors (Lipinski definition) is 5. The second-order valence-electron chi connectivity index (χ2n) is 6.67. The lowest BCUT2D eigenvalue weighted by Gasteiger charge is -2.23. The third kappa shape index (κ3) is 4.29. The maximum atomic E-state index is 13.4. The van der Waals surface area contributed by atoms with Crippen LogP contribution in [0.5, 0.6) is 0 Å². The first-order chi connectivity index (χ1) is 14.4. The fourth-order valence-electron chi connectivity index (χ4n) is 2.90. The number of aryl methyl sites for hydroxylation is 1. The molecule has 0 fully saturated rings. The van der Waals surface area contributed by atoms with Gasteiger partial charge in [-0.05, 0) is 55.5 Å². The Morgan fingerprint density at radius 3 is 2.23 bits per heavy atom. The molecule has 0 saturated carbocycles. The molecule has 0 aliphatic heterocycles. The van der Waals surface area contributed by atoms with Crippen LogP contribution >= 0.6 is 15.9 Å². The van der Waals surface area contributed by atoms with E-state index in [9.17, 15) is 8.42 Å². The number of rotatable bonds is 6. The minimum Gasteiger partial charge on any atom is -0.419 e. The minimum absolute atomic E-state index is 0.0796. The molecular weight excluding hydrogens is 466 g/mol. The molecule has 0 saturated heterocycles. The van der Waals surface area contributed by atoms with Gasteiger partial charge >= 0.3 is 0 Å². The minimum atomic E-state index is -3.83. The molecule has 0 amide bonds. The van der Waals surface area contributed by atoms with Crippen LogP contribution in [0.3, 0.4) is 0 Å². The third-order valence-electron chi connectivity index (χ3n) is 4.49. The number of halogens is 1. The molecule has 0 N–H and O–H groups in total. The van der Waals surface area contributed by atoms with Crippen molar-refractivity contribution in [1.29, 1.82) is 0 Å². The molecule has 4 rings (SSSR count). The van der Waals surface area contributed by atoms with Crippen molar-refractivity contribution in [3.05, 3.63) is 94.8 Å². The lowest BCUT2D eigenvalue weighted by Crippen LogP contribution is -2.30. The van der Waals surface area contributed by atoms with Gasteiger partial charge in [0.05, 0.1) is 10.6 Å². The van der Waals surface area contributed by atoms with Crippen molar-refractivity contribution in [3.8, 4) is 11.5 Å². The summed E-state index contributed by atoms with van der Waals surface area (Å²) < 4.78 is 34.8. The van der Waals surface area contributed by atoms with Crippen LogP contribution in [0.15, 0.2) is 92.6 Å². The third-order valence-corrected chi connectivity index (χ3v) is 6.81. The molecule has 0 unspecified atom stereocenters. The highest BCUT2D eigenvalue weighted by Gasteiger charge is 2.27. The second-order valence-corrected chi connectivity index (χ2v) is 9.45. The quantitative estimate of drug-likeness (QED) is 0.376. The monoisotopic (exact) mass is 483 g/mol. The summed E-state index contributed by atoms with van der Waals surface area (Å²) in [6.45, 7) is 1.83. The average molecular weight is 484 g/mol. The van der Waals surface area contributed by atoms with Crippen molar-refractivity contribution in [3.63, 3.8) is 0 Å². The molecule has 3 aromatic carbocycles. The van der Waals surface area contributed by atoms with Crippen LogP contribution in [0, 0.1) is 6.92 Å². The van der Waals surface area contributed by atoms with Crippen LogP contribution in [-0.4, -0.2) is 18.6 Å². The van der Waals surface area contributed by atoms with Gasteiger partial charge in [-0.25, -0.2) is 8.42 Å². The Hall–Kier alpha value is -2.97. The van der Waals surface area contributed by atoms with E-state index in [0.717, 1.165) is 15.6 Å². The van der Waals surface area contributed by atoms with Crippen LogP contribution < -0.4 is 4.31 Å². The molecule has 30 heavy (non-hydrogen) atoms. The molecule has 0 bridgehead atoms. The lowest BCUT2D eigenvalue weighted by atomic mass is 10.2. The van der Waals surface area contributed by atoms with Gasteiger partial charge in [-0.1, -0.05) is 51.8 Å². The summed E-state index contributed by atoms with van der Waals surface area (Å²) in [5, 5.41) is 8.14. The Kier molecular flexibility index (Phi) is 5.69. The number of anilines is 1. The highest BCUT2D eigenvalue weighted by molar-refractivity contribution is 9.10. The molecule has 1 heterocycles. The smallest absolute Gasteiger partial charge is 0.264 e. The first-order valence-electron chi connectivity index (χ1n) is 9.16. The van der Waals surface area contributed by atoms with Gasteiger partial charge in [-0.3, -0.25) is 4.31 Å². The molecule has 152 valence electrons. The number of hydrogen-bond donors (Lipinski definition) is 0. The maximum Gasteiger partial charge on any atom is 0.264 e. The van der Waals surface area contributed by atoms with Crippen molar-refractivity contribution in [2.45, 2.75) is 18.4 Å². The van der Waals surface area contributed by atoms with Gasteiger partial charge in [-0.15, -0.1) is 10.2 Å². The van der Waals surface area contributed by atoms with Crippen LogP contribution in [-0.2, 0) is 16.6 Å². The van der Waals surface area contributed by atoms with Crippen LogP contribution in [0.4, 0.5) is 5.69 Å². The Morgan fingerprint density at radius 1 is 0.900 bits per heavy atom. The fourth-order valence-corrected chi connectivity index (χ4v) is 4.57. The largest absolute Gasteiger partial charge is 0.419 e. The molecule has 0 aliphatic carbocycles. The summed E-state index contributed by atoms with van der Waals surface area (Å²) in [6.07, 6.45) is 0. The topological polar surface area (TPSA) is 76.3 Å². The van der Waals surface area contributed by atoms with E-state index in [0.29, 0.717) is 11.6 Å². The SMILES string of the molecule is Cc1ccc(S(=O)(=O)N(Cc2nnc(-c3ccc(Br)cc3)o2)c2ccccc2)cc1. The van der Waals surface area contributed by atoms with E-state index >= 15 is 0 Å². The van der Waals surface area contributed by atoms with Crippen molar-refractivity contribution in [2.24, 2.45) is 0 Å². The second kappa shape index (κ2) is 8.41. The fraction of sp³-hybridized carbons (Fsp3) is 0.0909. The van der Waals surface area contributed by atoms with E-state index in [2.05, 4.69) is 26.1 Å².